The summed E-state index contributed by atoms with van der Waals surface area (Å²) in [6.07, 6.45) is 6.96. The van der Waals surface area contributed by atoms with E-state index in [4.69, 9.17) is 10.1 Å². The van der Waals surface area contributed by atoms with Crippen LogP contribution in [0.4, 0.5) is 5.82 Å². The van der Waals surface area contributed by atoms with E-state index in [2.05, 4.69) is 40.8 Å². The summed E-state index contributed by atoms with van der Waals surface area (Å²) in [6, 6.07) is 8.28. The first-order valence-electron chi connectivity index (χ1n) is 8.89. The largest absolute Gasteiger partial charge is 0.366 e. The minimum atomic E-state index is 0.729. The van der Waals surface area contributed by atoms with Gasteiger partial charge in [-0.25, -0.2) is 4.98 Å². The molecule has 1 N–H and O–H groups in total. The van der Waals surface area contributed by atoms with Crippen molar-refractivity contribution >= 4 is 22.8 Å². The molecule has 0 saturated heterocycles. The van der Waals surface area contributed by atoms with Crippen LogP contribution in [0, 0.1) is 6.92 Å². The number of thiophene rings is 1. The maximum Gasteiger partial charge on any atom is 0.166 e. The Labute approximate surface area is 155 Å². The fourth-order valence-electron chi connectivity index (χ4n) is 3.72. The molecule has 5 nitrogen and oxygen atoms in total. The molecule has 26 heavy (non-hydrogen) atoms. The summed E-state index contributed by atoms with van der Waals surface area (Å²) < 4.78 is 2.00. The summed E-state index contributed by atoms with van der Waals surface area (Å²) in [4.78, 5) is 10.4. The van der Waals surface area contributed by atoms with Crippen molar-refractivity contribution in [3.8, 4) is 10.4 Å². The van der Waals surface area contributed by atoms with Crippen LogP contribution in [0.2, 0.25) is 0 Å². The van der Waals surface area contributed by atoms with Gasteiger partial charge in [-0.1, -0.05) is 12.1 Å². The SMILES string of the molecule is Cc1nn2c(NCc3cccnc3)c3c(nc2c1-c1cccs1)CCC3. The Morgan fingerprint density at radius 3 is 3.00 bits per heavy atom. The highest BCUT2D eigenvalue weighted by atomic mass is 32.1. The lowest BCUT2D eigenvalue weighted by Crippen LogP contribution is -2.10. The minimum Gasteiger partial charge on any atom is -0.366 e. The van der Waals surface area contributed by atoms with Crippen molar-refractivity contribution in [1.82, 2.24) is 19.6 Å². The van der Waals surface area contributed by atoms with Gasteiger partial charge in [0.15, 0.2) is 5.65 Å². The van der Waals surface area contributed by atoms with Gasteiger partial charge in [0.2, 0.25) is 0 Å². The number of nitrogens with zero attached hydrogens (tertiary/aromatic N) is 4. The third-order valence-electron chi connectivity index (χ3n) is 4.91. The van der Waals surface area contributed by atoms with Crippen LogP contribution in [0.5, 0.6) is 0 Å². The number of nitrogens with one attached hydrogen (secondary N) is 1. The molecule has 0 aliphatic heterocycles. The second-order valence-corrected chi connectivity index (χ2v) is 7.57. The summed E-state index contributed by atoms with van der Waals surface area (Å²) >= 11 is 1.74. The molecule has 130 valence electrons. The number of aromatic nitrogens is 4. The van der Waals surface area contributed by atoms with Crippen LogP contribution in [0.25, 0.3) is 16.1 Å². The van der Waals surface area contributed by atoms with Crippen LogP contribution < -0.4 is 5.32 Å². The average molecular weight is 361 g/mol. The van der Waals surface area contributed by atoms with Gasteiger partial charge in [0.25, 0.3) is 0 Å². The fourth-order valence-corrected chi connectivity index (χ4v) is 4.53. The molecule has 0 fully saturated rings. The molecular formula is C20H19N5S. The first-order chi connectivity index (χ1) is 12.8. The van der Waals surface area contributed by atoms with Crippen LogP contribution in [-0.4, -0.2) is 19.6 Å². The van der Waals surface area contributed by atoms with Gasteiger partial charge in [0.1, 0.15) is 5.82 Å². The van der Waals surface area contributed by atoms with Gasteiger partial charge >= 0.3 is 0 Å². The van der Waals surface area contributed by atoms with Crippen LogP contribution in [0.3, 0.4) is 0 Å². The standard InChI is InChI=1S/C20H19N5S/c1-13-18(17-8-4-10-26-17)20-23-16-7-2-6-15(16)19(25(20)24-13)22-12-14-5-3-9-21-11-14/h3-5,8-11,22H,2,6-7,12H2,1H3. The molecule has 0 amide bonds. The number of pyridine rings is 1. The highest BCUT2D eigenvalue weighted by molar-refractivity contribution is 7.13. The van der Waals surface area contributed by atoms with Crippen molar-refractivity contribution in [1.29, 1.82) is 0 Å². The minimum absolute atomic E-state index is 0.729. The molecule has 0 bridgehead atoms. The first kappa shape index (κ1) is 15.5. The second kappa shape index (κ2) is 6.21. The summed E-state index contributed by atoms with van der Waals surface area (Å²) in [7, 11) is 0. The lowest BCUT2D eigenvalue weighted by atomic mass is 10.2. The normalized spacial score (nSPS) is 13.3. The van der Waals surface area contributed by atoms with Gasteiger partial charge in [-0.05, 0) is 49.3 Å². The van der Waals surface area contributed by atoms with E-state index >= 15 is 0 Å². The smallest absolute Gasteiger partial charge is 0.166 e. The maximum atomic E-state index is 5.00. The Hall–Kier alpha value is -2.73. The molecule has 4 heterocycles. The quantitative estimate of drug-likeness (QED) is 0.590. The highest BCUT2D eigenvalue weighted by Gasteiger charge is 2.24. The van der Waals surface area contributed by atoms with Crippen LogP contribution >= 0.6 is 11.3 Å². The van der Waals surface area contributed by atoms with Crippen LogP contribution in [-0.2, 0) is 19.4 Å². The summed E-state index contributed by atoms with van der Waals surface area (Å²) in [5.74, 6) is 1.08. The summed E-state index contributed by atoms with van der Waals surface area (Å²) in [5, 5.41) is 10.6. The molecule has 6 heteroatoms. The third kappa shape index (κ3) is 2.49. The van der Waals surface area contributed by atoms with Gasteiger partial charge in [-0.3, -0.25) is 4.98 Å². The highest BCUT2D eigenvalue weighted by Crippen LogP contribution is 2.36. The predicted molar refractivity (Wildman–Crippen MR) is 105 cm³/mol. The van der Waals surface area contributed by atoms with E-state index < -0.39 is 0 Å². The Morgan fingerprint density at radius 2 is 2.19 bits per heavy atom. The Morgan fingerprint density at radius 1 is 1.23 bits per heavy atom. The number of fused-ring (bicyclic) bond motifs is 2. The molecule has 4 aromatic heterocycles. The van der Waals surface area contributed by atoms with E-state index in [0.717, 1.165) is 54.1 Å². The Kier molecular flexibility index (Phi) is 3.71. The predicted octanol–water partition coefficient (Wildman–Crippen LogP) is 4.26. The molecule has 5 rings (SSSR count). The van der Waals surface area contributed by atoms with Crippen LogP contribution in [0.15, 0.2) is 42.0 Å². The lowest BCUT2D eigenvalue weighted by molar-refractivity contribution is 0.886. The van der Waals surface area contributed by atoms with Crippen molar-refractivity contribution < 1.29 is 0 Å². The molecule has 1 aliphatic rings. The lowest BCUT2D eigenvalue weighted by Gasteiger charge is -2.13. The number of hydrogen-bond donors (Lipinski definition) is 1. The van der Waals surface area contributed by atoms with Crippen molar-refractivity contribution in [3.63, 3.8) is 0 Å². The topological polar surface area (TPSA) is 55.1 Å². The first-order valence-corrected chi connectivity index (χ1v) is 9.77. The third-order valence-corrected chi connectivity index (χ3v) is 5.80. The maximum absolute atomic E-state index is 5.00. The number of hydrogen-bond acceptors (Lipinski definition) is 5. The van der Waals surface area contributed by atoms with E-state index in [0.29, 0.717) is 0 Å². The van der Waals surface area contributed by atoms with Crippen LogP contribution in [0.1, 0.15) is 28.9 Å². The zero-order valence-corrected chi connectivity index (χ0v) is 15.4. The fraction of sp³-hybridized carbons (Fsp3) is 0.250. The number of rotatable bonds is 4. The number of aryl methyl sites for hydroxylation is 2. The van der Waals surface area contributed by atoms with E-state index in [1.54, 1.807) is 17.5 Å². The van der Waals surface area contributed by atoms with E-state index in [1.807, 2.05) is 16.8 Å². The molecule has 0 radical (unpaired) electrons. The zero-order valence-electron chi connectivity index (χ0n) is 14.6. The summed E-state index contributed by atoms with van der Waals surface area (Å²) in [5.41, 5.74) is 6.81. The van der Waals surface area contributed by atoms with Gasteiger partial charge in [-0.15, -0.1) is 11.3 Å². The monoisotopic (exact) mass is 361 g/mol. The molecule has 0 atom stereocenters. The van der Waals surface area contributed by atoms with Gasteiger partial charge in [0.05, 0.1) is 11.3 Å². The van der Waals surface area contributed by atoms with Gasteiger partial charge in [0, 0.05) is 35.1 Å². The molecule has 0 saturated carbocycles. The summed E-state index contributed by atoms with van der Waals surface area (Å²) in [6.45, 7) is 2.80. The molecule has 1 aliphatic carbocycles. The van der Waals surface area contributed by atoms with E-state index in [-0.39, 0.29) is 0 Å². The molecule has 0 aromatic carbocycles. The van der Waals surface area contributed by atoms with Crippen molar-refractivity contribution in [2.24, 2.45) is 0 Å². The molecule has 0 spiro atoms. The molecule has 4 aromatic rings. The Balaban J connectivity index is 1.66. The number of anilines is 1. The zero-order chi connectivity index (χ0) is 17.5. The van der Waals surface area contributed by atoms with E-state index in [1.165, 1.54) is 16.1 Å². The van der Waals surface area contributed by atoms with Crippen molar-refractivity contribution in [3.05, 3.63) is 64.6 Å². The van der Waals surface area contributed by atoms with Crippen molar-refractivity contribution in [2.45, 2.75) is 32.7 Å². The van der Waals surface area contributed by atoms with Gasteiger partial charge in [-0.2, -0.15) is 9.61 Å². The second-order valence-electron chi connectivity index (χ2n) is 6.63. The van der Waals surface area contributed by atoms with Crippen molar-refractivity contribution in [2.75, 3.05) is 5.32 Å². The Bertz CT molecular complexity index is 1070. The molecule has 0 unspecified atom stereocenters. The van der Waals surface area contributed by atoms with E-state index in [9.17, 15) is 0 Å². The van der Waals surface area contributed by atoms with Gasteiger partial charge < -0.3 is 5.32 Å². The average Bonchev–Trinajstić information content (AvgIpc) is 3.38. The molecular weight excluding hydrogens is 342 g/mol.